The Balaban J connectivity index is 2.22. The second-order valence-electron chi connectivity index (χ2n) is 4.10. The van der Waals surface area contributed by atoms with E-state index in [9.17, 15) is 0 Å². The quantitative estimate of drug-likeness (QED) is 0.597. The lowest BCUT2D eigenvalue weighted by Gasteiger charge is -1.94. The largest absolute Gasteiger partial charge is 0.265 e. The fourth-order valence-corrected chi connectivity index (χ4v) is 1.51. The zero-order valence-corrected chi connectivity index (χ0v) is 11.4. The van der Waals surface area contributed by atoms with Crippen molar-refractivity contribution < 1.29 is 0 Å². The SMILES string of the molecule is CCCC#Cc1ccccc1N=C=Nc1ccncc1. The Labute approximate surface area is 119 Å². The van der Waals surface area contributed by atoms with Gasteiger partial charge < -0.3 is 0 Å². The van der Waals surface area contributed by atoms with Crippen LogP contribution in [0.2, 0.25) is 0 Å². The Kier molecular flexibility index (Phi) is 5.27. The van der Waals surface area contributed by atoms with Gasteiger partial charge in [-0.1, -0.05) is 30.9 Å². The van der Waals surface area contributed by atoms with Crippen molar-refractivity contribution in [3.63, 3.8) is 0 Å². The zero-order chi connectivity index (χ0) is 14.0. The first-order chi connectivity index (χ1) is 9.90. The molecular formula is C17H15N3. The van der Waals surface area contributed by atoms with Gasteiger partial charge in [0.2, 0.25) is 0 Å². The number of aromatic nitrogens is 1. The molecule has 0 fully saturated rings. The third kappa shape index (κ3) is 4.20. The third-order valence-electron chi connectivity index (χ3n) is 2.51. The Hall–Kier alpha value is -2.69. The highest BCUT2D eigenvalue weighted by Gasteiger charge is 1.94. The summed E-state index contributed by atoms with van der Waals surface area (Å²) in [6, 6.07) is 14.0. The van der Waals surface area contributed by atoms with E-state index in [1.165, 1.54) is 0 Å². The minimum absolute atomic E-state index is 0.776. The summed E-state index contributed by atoms with van der Waals surface area (Å²) in [4.78, 5) is 12.3. The number of pyridine rings is 1. The molecule has 0 N–H and O–H groups in total. The molecule has 0 aliphatic heterocycles. The number of unbranched alkanes of at least 4 members (excludes halogenated alkanes) is 1. The number of para-hydroxylation sites is 1. The van der Waals surface area contributed by atoms with Gasteiger partial charge in [-0.3, -0.25) is 4.98 Å². The molecule has 3 nitrogen and oxygen atoms in total. The summed E-state index contributed by atoms with van der Waals surface area (Å²) in [7, 11) is 0. The van der Waals surface area contributed by atoms with E-state index in [1.54, 1.807) is 24.5 Å². The Bertz CT molecular complexity index is 672. The molecular weight excluding hydrogens is 246 g/mol. The van der Waals surface area contributed by atoms with E-state index < -0.39 is 0 Å². The van der Waals surface area contributed by atoms with Gasteiger partial charge in [-0.05, 0) is 30.7 Å². The van der Waals surface area contributed by atoms with Crippen LogP contribution in [0.1, 0.15) is 25.3 Å². The molecule has 0 unspecified atom stereocenters. The summed E-state index contributed by atoms with van der Waals surface area (Å²) in [6.45, 7) is 2.11. The second kappa shape index (κ2) is 7.68. The van der Waals surface area contributed by atoms with Gasteiger partial charge >= 0.3 is 0 Å². The number of hydrogen-bond donors (Lipinski definition) is 0. The summed E-state index contributed by atoms with van der Waals surface area (Å²) >= 11 is 0. The standard InChI is InChI=1S/C17H15N3/c1-2-3-4-7-15-8-5-6-9-17(15)20-14-19-16-10-12-18-13-11-16/h5-6,8-13H,2-3H2,1H3. The lowest BCUT2D eigenvalue weighted by molar-refractivity contribution is 0.983. The van der Waals surface area contributed by atoms with Crippen LogP contribution in [-0.4, -0.2) is 11.0 Å². The van der Waals surface area contributed by atoms with Gasteiger partial charge in [-0.2, -0.15) is 9.98 Å². The number of nitrogens with zero attached hydrogens (tertiary/aromatic N) is 3. The Morgan fingerprint density at radius 3 is 2.65 bits per heavy atom. The monoisotopic (exact) mass is 261 g/mol. The summed E-state index contributed by atoms with van der Waals surface area (Å²) in [5, 5.41) is 0. The van der Waals surface area contributed by atoms with Crippen LogP contribution in [0, 0.1) is 11.8 Å². The second-order valence-corrected chi connectivity index (χ2v) is 4.10. The van der Waals surface area contributed by atoms with Gasteiger partial charge in [0.15, 0.2) is 0 Å². The lowest BCUT2D eigenvalue weighted by Crippen LogP contribution is -1.75. The molecule has 0 saturated heterocycles. The highest BCUT2D eigenvalue weighted by atomic mass is 14.8. The summed E-state index contributed by atoms with van der Waals surface area (Å²) < 4.78 is 0. The summed E-state index contributed by atoms with van der Waals surface area (Å²) in [5.41, 5.74) is 2.46. The molecule has 0 amide bonds. The molecule has 0 spiro atoms. The lowest BCUT2D eigenvalue weighted by atomic mass is 10.2. The molecule has 0 radical (unpaired) electrons. The number of rotatable bonds is 3. The molecule has 1 aromatic carbocycles. The van der Waals surface area contributed by atoms with Crippen LogP contribution < -0.4 is 0 Å². The number of hydrogen-bond acceptors (Lipinski definition) is 3. The van der Waals surface area contributed by atoms with Gasteiger partial charge in [0.05, 0.1) is 16.9 Å². The predicted octanol–water partition coefficient (Wildman–Crippen LogP) is 4.37. The van der Waals surface area contributed by atoms with Crippen molar-refractivity contribution in [1.82, 2.24) is 4.98 Å². The summed E-state index contributed by atoms with van der Waals surface area (Å²) in [6.07, 6.45) is 5.32. The first-order valence-electron chi connectivity index (χ1n) is 6.54. The van der Waals surface area contributed by atoms with E-state index in [0.717, 1.165) is 29.8 Å². The van der Waals surface area contributed by atoms with Crippen molar-refractivity contribution in [3.05, 3.63) is 54.4 Å². The Morgan fingerprint density at radius 1 is 1.05 bits per heavy atom. The van der Waals surface area contributed by atoms with E-state index in [4.69, 9.17) is 0 Å². The van der Waals surface area contributed by atoms with Crippen LogP contribution >= 0.6 is 0 Å². The molecule has 98 valence electrons. The van der Waals surface area contributed by atoms with Crippen LogP contribution in [0.5, 0.6) is 0 Å². The van der Waals surface area contributed by atoms with Crippen molar-refractivity contribution >= 4 is 17.4 Å². The van der Waals surface area contributed by atoms with E-state index in [1.807, 2.05) is 24.3 Å². The number of aliphatic imine (C=N–C) groups is 2. The van der Waals surface area contributed by atoms with Gasteiger partial charge in [0.1, 0.15) is 6.01 Å². The van der Waals surface area contributed by atoms with Gasteiger partial charge in [0, 0.05) is 18.8 Å². The molecule has 0 aliphatic carbocycles. The maximum Gasteiger partial charge on any atom is 0.101 e. The Morgan fingerprint density at radius 2 is 1.85 bits per heavy atom. The topological polar surface area (TPSA) is 37.6 Å². The molecule has 1 aromatic heterocycles. The molecule has 0 bridgehead atoms. The van der Waals surface area contributed by atoms with Crippen LogP contribution in [0.3, 0.4) is 0 Å². The minimum atomic E-state index is 0.776. The van der Waals surface area contributed by atoms with Crippen LogP contribution in [0.25, 0.3) is 0 Å². The molecule has 1 heterocycles. The molecule has 0 saturated carbocycles. The fourth-order valence-electron chi connectivity index (χ4n) is 1.51. The van der Waals surface area contributed by atoms with E-state index in [2.05, 4.69) is 39.7 Å². The van der Waals surface area contributed by atoms with Crippen molar-refractivity contribution in [3.8, 4) is 11.8 Å². The van der Waals surface area contributed by atoms with Crippen LogP contribution in [-0.2, 0) is 0 Å². The molecule has 0 atom stereocenters. The van der Waals surface area contributed by atoms with E-state index in [-0.39, 0.29) is 0 Å². The minimum Gasteiger partial charge on any atom is -0.265 e. The molecule has 20 heavy (non-hydrogen) atoms. The van der Waals surface area contributed by atoms with Crippen LogP contribution in [0.15, 0.2) is 58.8 Å². The smallest absolute Gasteiger partial charge is 0.101 e. The van der Waals surface area contributed by atoms with Crippen molar-refractivity contribution in [1.29, 1.82) is 0 Å². The molecule has 2 rings (SSSR count). The van der Waals surface area contributed by atoms with E-state index >= 15 is 0 Å². The van der Waals surface area contributed by atoms with Gasteiger partial charge in [-0.25, -0.2) is 0 Å². The first-order valence-corrected chi connectivity index (χ1v) is 6.54. The van der Waals surface area contributed by atoms with Gasteiger partial charge in [0.25, 0.3) is 0 Å². The highest BCUT2D eigenvalue weighted by molar-refractivity contribution is 5.62. The first kappa shape index (κ1) is 13.7. The number of benzene rings is 1. The maximum atomic E-state index is 4.24. The van der Waals surface area contributed by atoms with Crippen molar-refractivity contribution in [2.24, 2.45) is 9.98 Å². The van der Waals surface area contributed by atoms with Crippen molar-refractivity contribution in [2.75, 3.05) is 0 Å². The fraction of sp³-hybridized carbons (Fsp3) is 0.176. The average molecular weight is 261 g/mol. The average Bonchev–Trinajstić information content (AvgIpc) is 2.50. The maximum absolute atomic E-state index is 4.24. The summed E-state index contributed by atoms with van der Waals surface area (Å²) in [5.74, 6) is 6.25. The highest BCUT2D eigenvalue weighted by Crippen LogP contribution is 2.17. The predicted molar refractivity (Wildman–Crippen MR) is 81.6 cm³/mol. The van der Waals surface area contributed by atoms with Crippen molar-refractivity contribution in [2.45, 2.75) is 19.8 Å². The van der Waals surface area contributed by atoms with Gasteiger partial charge in [-0.15, -0.1) is 0 Å². The molecule has 0 aliphatic rings. The zero-order valence-electron chi connectivity index (χ0n) is 11.4. The van der Waals surface area contributed by atoms with E-state index in [0.29, 0.717) is 0 Å². The third-order valence-corrected chi connectivity index (χ3v) is 2.51. The molecule has 3 heteroatoms. The molecule has 2 aromatic rings. The van der Waals surface area contributed by atoms with Crippen LogP contribution in [0.4, 0.5) is 11.4 Å². The normalized spacial score (nSPS) is 9.05.